The quantitative estimate of drug-likeness (QED) is 0.678. The molecule has 0 amide bonds. The van der Waals surface area contributed by atoms with Crippen molar-refractivity contribution in [1.29, 1.82) is 0 Å². The lowest BCUT2D eigenvalue weighted by molar-refractivity contribution is 0.112. The molecule has 2 heterocycles. The Hall–Kier alpha value is -1.94. The minimum Gasteiger partial charge on any atom is -0.298 e. The summed E-state index contributed by atoms with van der Waals surface area (Å²) < 4.78 is 2.87. The van der Waals surface area contributed by atoms with Crippen LogP contribution in [-0.2, 0) is 0 Å². The van der Waals surface area contributed by atoms with Crippen molar-refractivity contribution in [3.63, 3.8) is 0 Å². The van der Waals surface area contributed by atoms with Gasteiger partial charge in [0.15, 0.2) is 6.29 Å². The summed E-state index contributed by atoms with van der Waals surface area (Å²) in [6, 6.07) is 13.6. The molecule has 1 aromatic carbocycles. The first-order valence-electron chi connectivity index (χ1n) is 5.48. The van der Waals surface area contributed by atoms with Gasteiger partial charge < -0.3 is 0 Å². The monoisotopic (exact) mass is 300 g/mol. The Kier molecular flexibility index (Phi) is 2.72. The zero-order chi connectivity index (χ0) is 12.5. The third-order valence-electron chi connectivity index (χ3n) is 2.77. The molecular formula is C14H9BrN2O. The first-order chi connectivity index (χ1) is 8.79. The molecule has 18 heavy (non-hydrogen) atoms. The molecule has 0 unspecified atom stereocenters. The average Bonchev–Trinajstić information content (AvgIpc) is 2.77. The van der Waals surface area contributed by atoms with Gasteiger partial charge in [0.05, 0.1) is 5.52 Å². The molecular weight excluding hydrogens is 292 g/mol. The smallest absolute Gasteiger partial charge is 0.170 e. The third kappa shape index (κ3) is 1.75. The second-order valence-corrected chi connectivity index (χ2v) is 4.82. The first kappa shape index (κ1) is 11.2. The van der Waals surface area contributed by atoms with Crippen molar-refractivity contribution in [3.05, 3.63) is 58.8 Å². The lowest BCUT2D eigenvalue weighted by Crippen LogP contribution is -1.88. The highest BCUT2D eigenvalue weighted by molar-refractivity contribution is 9.10. The maximum absolute atomic E-state index is 11.1. The molecule has 0 aliphatic heterocycles. The standard InChI is InChI=1S/C14H9BrN2O/c15-11-6-7-13-12(9-18)16-14(17(13)8-11)10-4-2-1-3-5-10/h1-9H. The van der Waals surface area contributed by atoms with Crippen LogP contribution in [0.3, 0.4) is 0 Å². The highest BCUT2D eigenvalue weighted by Crippen LogP contribution is 2.23. The van der Waals surface area contributed by atoms with Gasteiger partial charge in [-0.3, -0.25) is 9.20 Å². The number of pyridine rings is 1. The fourth-order valence-corrected chi connectivity index (χ4v) is 2.30. The van der Waals surface area contributed by atoms with E-state index in [9.17, 15) is 4.79 Å². The van der Waals surface area contributed by atoms with Gasteiger partial charge in [0.1, 0.15) is 11.5 Å². The first-order valence-corrected chi connectivity index (χ1v) is 6.27. The average molecular weight is 301 g/mol. The van der Waals surface area contributed by atoms with Crippen LogP contribution >= 0.6 is 15.9 Å². The van der Waals surface area contributed by atoms with Crippen molar-refractivity contribution < 1.29 is 4.79 Å². The van der Waals surface area contributed by atoms with Crippen LogP contribution in [0.2, 0.25) is 0 Å². The Bertz CT molecular complexity index is 719. The van der Waals surface area contributed by atoms with Crippen molar-refractivity contribution in [2.45, 2.75) is 0 Å². The Morgan fingerprint density at radius 2 is 1.89 bits per heavy atom. The van der Waals surface area contributed by atoms with E-state index in [2.05, 4.69) is 20.9 Å². The zero-order valence-electron chi connectivity index (χ0n) is 9.38. The number of rotatable bonds is 2. The lowest BCUT2D eigenvalue weighted by atomic mass is 10.2. The van der Waals surface area contributed by atoms with Crippen molar-refractivity contribution in [2.24, 2.45) is 0 Å². The number of carbonyl (C=O) groups is 1. The molecule has 0 fully saturated rings. The topological polar surface area (TPSA) is 34.4 Å². The number of hydrogen-bond donors (Lipinski definition) is 0. The molecule has 0 bridgehead atoms. The number of imidazole rings is 1. The molecule has 2 aromatic heterocycles. The van der Waals surface area contributed by atoms with E-state index in [0.717, 1.165) is 27.7 Å². The van der Waals surface area contributed by atoms with Gasteiger partial charge in [-0.15, -0.1) is 0 Å². The summed E-state index contributed by atoms with van der Waals surface area (Å²) in [7, 11) is 0. The van der Waals surface area contributed by atoms with E-state index in [1.54, 1.807) is 0 Å². The molecule has 0 aliphatic rings. The maximum atomic E-state index is 11.1. The van der Waals surface area contributed by atoms with Gasteiger partial charge in [-0.2, -0.15) is 0 Å². The summed E-state index contributed by atoms with van der Waals surface area (Å²) in [5.41, 5.74) is 2.26. The number of nitrogens with zero attached hydrogens (tertiary/aromatic N) is 2. The Balaban J connectivity index is 2.36. The van der Waals surface area contributed by atoms with Crippen molar-refractivity contribution in [2.75, 3.05) is 0 Å². The molecule has 3 aromatic rings. The Morgan fingerprint density at radius 3 is 2.61 bits per heavy atom. The maximum Gasteiger partial charge on any atom is 0.170 e. The fraction of sp³-hybridized carbons (Fsp3) is 0. The van der Waals surface area contributed by atoms with E-state index < -0.39 is 0 Å². The number of fused-ring (bicyclic) bond motifs is 1. The van der Waals surface area contributed by atoms with Gasteiger partial charge in [0.2, 0.25) is 0 Å². The summed E-state index contributed by atoms with van der Waals surface area (Å²) in [4.78, 5) is 15.5. The van der Waals surface area contributed by atoms with Gasteiger partial charge in [-0.05, 0) is 28.1 Å². The Morgan fingerprint density at radius 1 is 1.11 bits per heavy atom. The molecule has 3 nitrogen and oxygen atoms in total. The lowest BCUT2D eigenvalue weighted by Gasteiger charge is -2.01. The second kappa shape index (κ2) is 4.38. The molecule has 0 spiro atoms. The molecule has 0 aliphatic carbocycles. The van der Waals surface area contributed by atoms with Crippen LogP contribution in [0.15, 0.2) is 53.1 Å². The number of benzene rings is 1. The summed E-state index contributed by atoms with van der Waals surface area (Å²) in [5.74, 6) is 0.772. The van der Waals surface area contributed by atoms with E-state index in [1.165, 1.54) is 0 Å². The predicted molar refractivity (Wildman–Crippen MR) is 73.7 cm³/mol. The van der Waals surface area contributed by atoms with E-state index >= 15 is 0 Å². The van der Waals surface area contributed by atoms with E-state index in [0.29, 0.717) is 5.69 Å². The van der Waals surface area contributed by atoms with Gasteiger partial charge in [0.25, 0.3) is 0 Å². The number of hydrogen-bond acceptors (Lipinski definition) is 2. The van der Waals surface area contributed by atoms with Crippen molar-refractivity contribution in [1.82, 2.24) is 9.38 Å². The second-order valence-electron chi connectivity index (χ2n) is 3.91. The van der Waals surface area contributed by atoms with E-state index in [-0.39, 0.29) is 0 Å². The molecule has 0 radical (unpaired) electrons. The number of carbonyl (C=O) groups excluding carboxylic acids is 1. The number of aromatic nitrogens is 2. The summed E-state index contributed by atoms with van der Waals surface area (Å²) in [6.45, 7) is 0. The van der Waals surface area contributed by atoms with Crippen molar-refractivity contribution >= 4 is 27.7 Å². The minimum absolute atomic E-state index is 0.460. The molecule has 88 valence electrons. The van der Waals surface area contributed by atoms with E-state index in [1.807, 2.05) is 53.1 Å². The predicted octanol–water partition coefficient (Wildman–Crippen LogP) is 3.58. The summed E-state index contributed by atoms with van der Waals surface area (Å²) in [6.07, 6.45) is 2.70. The third-order valence-corrected chi connectivity index (χ3v) is 3.24. The zero-order valence-corrected chi connectivity index (χ0v) is 11.0. The summed E-state index contributed by atoms with van der Waals surface area (Å²) >= 11 is 3.43. The van der Waals surface area contributed by atoms with Crippen LogP contribution in [0.4, 0.5) is 0 Å². The molecule has 0 saturated carbocycles. The van der Waals surface area contributed by atoms with Gasteiger partial charge in [-0.1, -0.05) is 30.3 Å². The van der Waals surface area contributed by atoms with Crippen LogP contribution in [0.25, 0.3) is 16.9 Å². The van der Waals surface area contributed by atoms with Gasteiger partial charge >= 0.3 is 0 Å². The molecule has 4 heteroatoms. The molecule has 0 N–H and O–H groups in total. The Labute approximate surface area is 112 Å². The van der Waals surface area contributed by atoms with Crippen LogP contribution in [0.1, 0.15) is 10.5 Å². The fourth-order valence-electron chi connectivity index (χ4n) is 1.96. The highest BCUT2D eigenvalue weighted by atomic mass is 79.9. The van der Waals surface area contributed by atoms with Crippen LogP contribution in [-0.4, -0.2) is 15.7 Å². The minimum atomic E-state index is 0.460. The number of halogens is 1. The SMILES string of the molecule is O=Cc1nc(-c2ccccc2)n2cc(Br)ccc12. The van der Waals surface area contributed by atoms with Crippen LogP contribution < -0.4 is 0 Å². The highest BCUT2D eigenvalue weighted by Gasteiger charge is 2.11. The summed E-state index contributed by atoms with van der Waals surface area (Å²) in [5, 5.41) is 0. The molecule has 0 saturated heterocycles. The van der Waals surface area contributed by atoms with Gasteiger partial charge in [0, 0.05) is 16.2 Å². The van der Waals surface area contributed by atoms with Crippen LogP contribution in [0.5, 0.6) is 0 Å². The number of aldehydes is 1. The van der Waals surface area contributed by atoms with E-state index in [4.69, 9.17) is 0 Å². The van der Waals surface area contributed by atoms with Crippen LogP contribution in [0, 0.1) is 0 Å². The normalized spacial score (nSPS) is 10.7. The van der Waals surface area contributed by atoms with Gasteiger partial charge in [-0.25, -0.2) is 4.98 Å². The largest absolute Gasteiger partial charge is 0.298 e. The molecule has 3 rings (SSSR count). The van der Waals surface area contributed by atoms with Crippen molar-refractivity contribution in [3.8, 4) is 11.4 Å². The molecule has 0 atom stereocenters.